The van der Waals surface area contributed by atoms with Crippen molar-refractivity contribution in [2.24, 2.45) is 11.7 Å². The molecule has 0 radical (unpaired) electrons. The van der Waals surface area contributed by atoms with E-state index < -0.39 is 0 Å². The minimum Gasteiger partial charge on any atom is -0.324 e. The third-order valence-corrected chi connectivity index (χ3v) is 4.73. The van der Waals surface area contributed by atoms with Gasteiger partial charge in [0.05, 0.1) is 0 Å². The fourth-order valence-electron chi connectivity index (χ4n) is 2.50. The van der Waals surface area contributed by atoms with Gasteiger partial charge < -0.3 is 10.6 Å². The van der Waals surface area contributed by atoms with Crippen LogP contribution in [0, 0.1) is 11.7 Å². The summed E-state index contributed by atoms with van der Waals surface area (Å²) in [6, 6.07) is 10.8. The molecule has 4 heteroatoms. The topological polar surface area (TPSA) is 29.3 Å². The summed E-state index contributed by atoms with van der Waals surface area (Å²) in [5, 5.41) is 2.10. The number of nitrogens with two attached hydrogens (primary N) is 1. The summed E-state index contributed by atoms with van der Waals surface area (Å²) in [5.41, 5.74) is 6.82. The third-order valence-electron chi connectivity index (χ3n) is 3.80. The van der Waals surface area contributed by atoms with Gasteiger partial charge in [-0.05, 0) is 36.9 Å². The first-order valence-electron chi connectivity index (χ1n) is 7.29. The van der Waals surface area contributed by atoms with Crippen molar-refractivity contribution in [3.63, 3.8) is 0 Å². The molecule has 2 rings (SSSR count). The van der Waals surface area contributed by atoms with Gasteiger partial charge in [0.25, 0.3) is 0 Å². The van der Waals surface area contributed by atoms with E-state index in [1.807, 2.05) is 6.07 Å². The largest absolute Gasteiger partial charge is 0.324 e. The molecule has 0 aliphatic rings. The summed E-state index contributed by atoms with van der Waals surface area (Å²) in [7, 11) is 2.10. The first-order chi connectivity index (χ1) is 10.1. The lowest BCUT2D eigenvalue weighted by Crippen LogP contribution is -2.32. The van der Waals surface area contributed by atoms with Crippen LogP contribution in [0.2, 0.25) is 0 Å². The number of halogens is 1. The molecule has 2 aromatic rings. The molecule has 0 aliphatic heterocycles. The van der Waals surface area contributed by atoms with Crippen LogP contribution in [0.5, 0.6) is 0 Å². The molecule has 0 fully saturated rings. The lowest BCUT2D eigenvalue weighted by Gasteiger charge is -2.26. The molecular weight excluding hydrogens is 283 g/mol. The van der Waals surface area contributed by atoms with E-state index in [2.05, 4.69) is 36.4 Å². The predicted octanol–water partition coefficient (Wildman–Crippen LogP) is 3.70. The first-order valence-corrected chi connectivity index (χ1v) is 8.17. The second-order valence-corrected chi connectivity index (χ2v) is 6.65. The Hall–Kier alpha value is -1.23. The van der Waals surface area contributed by atoms with Gasteiger partial charge in [-0.2, -0.15) is 0 Å². The van der Waals surface area contributed by atoms with E-state index in [0.717, 1.165) is 19.5 Å². The Labute approximate surface area is 130 Å². The molecule has 2 nitrogen and oxygen atoms in total. The smallest absolute Gasteiger partial charge is 0.127 e. The summed E-state index contributed by atoms with van der Waals surface area (Å²) in [5.74, 6) is -0.00618. The number of nitrogens with zero attached hydrogens (tertiary/aromatic N) is 1. The molecule has 21 heavy (non-hydrogen) atoms. The summed E-state index contributed by atoms with van der Waals surface area (Å²) < 4.78 is 13.8. The van der Waals surface area contributed by atoms with Crippen molar-refractivity contribution in [2.75, 3.05) is 20.1 Å². The molecule has 2 unspecified atom stereocenters. The van der Waals surface area contributed by atoms with Crippen molar-refractivity contribution in [3.8, 4) is 0 Å². The zero-order chi connectivity index (χ0) is 15.2. The fraction of sp³-hybridized carbons (Fsp3) is 0.412. The molecule has 114 valence electrons. The van der Waals surface area contributed by atoms with Crippen molar-refractivity contribution in [3.05, 3.63) is 58.0 Å². The quantitative estimate of drug-likeness (QED) is 0.845. The predicted molar refractivity (Wildman–Crippen MR) is 88.0 cm³/mol. The van der Waals surface area contributed by atoms with Gasteiger partial charge in [-0.1, -0.05) is 31.2 Å². The average Bonchev–Trinajstić information content (AvgIpc) is 2.98. The standard InChI is InChI=1S/C17H23FN2S/c1-13(17(19)15-7-3-4-8-16(15)18)12-20(2)10-9-14-6-5-11-21-14/h3-8,11,13,17H,9-10,12,19H2,1-2H3. The zero-order valence-electron chi connectivity index (χ0n) is 12.6. The van der Waals surface area contributed by atoms with Crippen LogP contribution in [0.25, 0.3) is 0 Å². The van der Waals surface area contributed by atoms with Gasteiger partial charge in [0, 0.05) is 29.6 Å². The number of rotatable bonds is 7. The van der Waals surface area contributed by atoms with Crippen LogP contribution in [-0.4, -0.2) is 25.0 Å². The highest BCUT2D eigenvalue weighted by Crippen LogP contribution is 2.22. The molecule has 1 aromatic carbocycles. The summed E-state index contributed by atoms with van der Waals surface area (Å²) in [6.45, 7) is 3.94. The fourth-order valence-corrected chi connectivity index (χ4v) is 3.20. The first kappa shape index (κ1) is 16.1. The average molecular weight is 306 g/mol. The number of hydrogen-bond acceptors (Lipinski definition) is 3. The van der Waals surface area contributed by atoms with Crippen LogP contribution in [0.15, 0.2) is 41.8 Å². The van der Waals surface area contributed by atoms with Crippen molar-refractivity contribution >= 4 is 11.3 Å². The molecular formula is C17H23FN2S. The highest BCUT2D eigenvalue weighted by Gasteiger charge is 2.19. The van der Waals surface area contributed by atoms with Crippen LogP contribution in [0.1, 0.15) is 23.4 Å². The molecule has 2 N–H and O–H groups in total. The Balaban J connectivity index is 1.85. The van der Waals surface area contributed by atoms with Crippen LogP contribution in [0.3, 0.4) is 0 Å². The molecule has 2 atom stereocenters. The van der Waals surface area contributed by atoms with Gasteiger partial charge >= 0.3 is 0 Å². The lowest BCUT2D eigenvalue weighted by atomic mass is 9.94. The number of likely N-dealkylation sites (N-methyl/N-ethyl adjacent to an activating group) is 1. The third kappa shape index (κ3) is 4.63. The maximum absolute atomic E-state index is 13.8. The van der Waals surface area contributed by atoms with Gasteiger partial charge in [-0.3, -0.25) is 0 Å². The van der Waals surface area contributed by atoms with Crippen LogP contribution >= 0.6 is 11.3 Å². The van der Waals surface area contributed by atoms with Crippen molar-refractivity contribution in [1.29, 1.82) is 0 Å². The molecule has 0 bridgehead atoms. The van der Waals surface area contributed by atoms with Crippen molar-refractivity contribution in [2.45, 2.75) is 19.4 Å². The summed E-state index contributed by atoms with van der Waals surface area (Å²) in [4.78, 5) is 3.67. The van der Waals surface area contributed by atoms with Gasteiger partial charge in [-0.15, -0.1) is 11.3 Å². The highest BCUT2D eigenvalue weighted by atomic mass is 32.1. The molecule has 0 saturated carbocycles. The summed E-state index contributed by atoms with van der Waals surface area (Å²) in [6.07, 6.45) is 1.05. The molecule has 0 aliphatic carbocycles. The van der Waals surface area contributed by atoms with E-state index in [-0.39, 0.29) is 17.8 Å². The minimum atomic E-state index is -0.268. The van der Waals surface area contributed by atoms with Gasteiger partial charge in [0.2, 0.25) is 0 Å². The van der Waals surface area contributed by atoms with Crippen LogP contribution in [-0.2, 0) is 6.42 Å². The Morgan fingerprint density at radius 3 is 2.67 bits per heavy atom. The van der Waals surface area contributed by atoms with Crippen molar-refractivity contribution < 1.29 is 4.39 Å². The van der Waals surface area contributed by atoms with E-state index in [1.165, 1.54) is 10.9 Å². The second kappa shape index (κ2) is 7.69. The van der Waals surface area contributed by atoms with E-state index in [4.69, 9.17) is 5.73 Å². The van der Waals surface area contributed by atoms with Crippen molar-refractivity contribution in [1.82, 2.24) is 4.90 Å². The second-order valence-electron chi connectivity index (χ2n) is 5.62. The minimum absolute atomic E-state index is 0.204. The Morgan fingerprint density at radius 1 is 1.24 bits per heavy atom. The SMILES string of the molecule is CC(CN(C)CCc1cccs1)C(N)c1ccccc1F. The number of hydrogen-bond donors (Lipinski definition) is 1. The molecule has 1 heterocycles. The van der Waals surface area contributed by atoms with Gasteiger partial charge in [0.1, 0.15) is 5.82 Å². The Morgan fingerprint density at radius 2 is 2.00 bits per heavy atom. The highest BCUT2D eigenvalue weighted by molar-refractivity contribution is 7.09. The maximum atomic E-state index is 13.8. The lowest BCUT2D eigenvalue weighted by molar-refractivity contribution is 0.265. The maximum Gasteiger partial charge on any atom is 0.127 e. The monoisotopic (exact) mass is 306 g/mol. The van der Waals surface area contributed by atoms with Gasteiger partial charge in [0.15, 0.2) is 0 Å². The van der Waals surface area contributed by atoms with E-state index >= 15 is 0 Å². The molecule has 0 spiro atoms. The summed E-state index contributed by atoms with van der Waals surface area (Å²) >= 11 is 1.79. The van der Waals surface area contributed by atoms with Crippen LogP contribution < -0.4 is 5.73 Å². The zero-order valence-corrected chi connectivity index (χ0v) is 13.4. The Kier molecular flexibility index (Phi) is 5.91. The van der Waals surface area contributed by atoms with E-state index in [0.29, 0.717) is 5.56 Å². The molecule has 0 saturated heterocycles. The van der Waals surface area contributed by atoms with Crippen LogP contribution in [0.4, 0.5) is 4.39 Å². The number of thiophene rings is 1. The number of benzene rings is 1. The van der Waals surface area contributed by atoms with Gasteiger partial charge in [-0.25, -0.2) is 4.39 Å². The van der Waals surface area contributed by atoms with E-state index in [9.17, 15) is 4.39 Å². The van der Waals surface area contributed by atoms with E-state index in [1.54, 1.807) is 23.5 Å². The Bertz CT molecular complexity index is 541. The normalized spacial score (nSPS) is 14.3. The molecule has 0 amide bonds. The molecule has 1 aromatic heterocycles.